The van der Waals surface area contributed by atoms with Crippen molar-refractivity contribution in [3.05, 3.63) is 27.9 Å². The van der Waals surface area contributed by atoms with E-state index in [2.05, 4.69) is 10.3 Å². The van der Waals surface area contributed by atoms with E-state index in [-0.39, 0.29) is 11.3 Å². The Bertz CT molecular complexity index is 543. The van der Waals surface area contributed by atoms with Crippen molar-refractivity contribution in [2.75, 3.05) is 31.6 Å². The van der Waals surface area contributed by atoms with E-state index in [9.17, 15) is 14.9 Å². The van der Waals surface area contributed by atoms with E-state index in [4.69, 9.17) is 5.73 Å². The molecule has 1 atom stereocenters. The van der Waals surface area contributed by atoms with Crippen LogP contribution in [0.15, 0.2) is 12.3 Å². The number of hydrogen-bond donors (Lipinski definition) is 2. The zero-order valence-electron chi connectivity index (χ0n) is 11.9. The highest BCUT2D eigenvalue weighted by Crippen LogP contribution is 2.23. The van der Waals surface area contributed by atoms with Gasteiger partial charge < -0.3 is 16.0 Å². The predicted octanol–water partition coefficient (Wildman–Crippen LogP) is 0.524. The lowest BCUT2D eigenvalue weighted by Gasteiger charge is -2.28. The minimum atomic E-state index is -0.713. The van der Waals surface area contributed by atoms with E-state index in [0.29, 0.717) is 11.7 Å². The van der Waals surface area contributed by atoms with Gasteiger partial charge in [-0.05, 0) is 31.8 Å². The first-order chi connectivity index (χ1) is 9.99. The molecule has 0 aromatic carbocycles. The highest BCUT2D eigenvalue weighted by atomic mass is 16.6. The summed E-state index contributed by atoms with van der Waals surface area (Å²) >= 11 is 0. The lowest BCUT2D eigenvalue weighted by atomic mass is 9.99. The second-order valence-corrected chi connectivity index (χ2v) is 5.28. The van der Waals surface area contributed by atoms with Crippen LogP contribution in [0.3, 0.4) is 0 Å². The average molecular weight is 293 g/mol. The molecule has 21 heavy (non-hydrogen) atoms. The molecular formula is C13H19N5O3. The van der Waals surface area contributed by atoms with E-state index in [1.165, 1.54) is 6.07 Å². The van der Waals surface area contributed by atoms with Gasteiger partial charge in [-0.2, -0.15) is 0 Å². The van der Waals surface area contributed by atoms with Crippen LogP contribution in [0.4, 0.5) is 11.5 Å². The van der Waals surface area contributed by atoms with Crippen LogP contribution in [0, 0.1) is 16.0 Å². The number of nitrogens with zero attached hydrogens (tertiary/aromatic N) is 3. The Labute approximate surface area is 122 Å². The number of aromatic nitrogens is 1. The first-order valence-electron chi connectivity index (χ1n) is 6.85. The van der Waals surface area contributed by atoms with Gasteiger partial charge in [0, 0.05) is 19.7 Å². The lowest BCUT2D eigenvalue weighted by Crippen LogP contribution is -2.37. The number of anilines is 1. The van der Waals surface area contributed by atoms with Crippen LogP contribution in [-0.2, 0) is 0 Å². The first-order valence-corrected chi connectivity index (χ1v) is 6.85. The SMILES string of the molecule is CN(CC1CCCNC1)c1ncc([N+](=O)[O-])cc1C(N)=O. The largest absolute Gasteiger partial charge is 0.365 e. The molecule has 0 radical (unpaired) electrons. The zero-order valence-corrected chi connectivity index (χ0v) is 11.9. The van der Waals surface area contributed by atoms with Gasteiger partial charge in [0.2, 0.25) is 0 Å². The molecule has 2 heterocycles. The van der Waals surface area contributed by atoms with E-state index < -0.39 is 10.8 Å². The van der Waals surface area contributed by atoms with E-state index in [0.717, 1.165) is 38.7 Å². The topological polar surface area (TPSA) is 114 Å². The maximum atomic E-state index is 11.5. The Balaban J connectivity index is 2.20. The number of rotatable bonds is 5. The summed E-state index contributed by atoms with van der Waals surface area (Å²) in [6, 6.07) is 1.18. The lowest BCUT2D eigenvalue weighted by molar-refractivity contribution is -0.385. The summed E-state index contributed by atoms with van der Waals surface area (Å²) in [5.74, 6) is 0.134. The molecule has 1 saturated heterocycles. The van der Waals surface area contributed by atoms with Gasteiger partial charge in [-0.25, -0.2) is 4.98 Å². The molecule has 1 aliphatic rings. The van der Waals surface area contributed by atoms with E-state index >= 15 is 0 Å². The van der Waals surface area contributed by atoms with Gasteiger partial charge in [0.1, 0.15) is 12.0 Å². The van der Waals surface area contributed by atoms with Crippen molar-refractivity contribution in [2.24, 2.45) is 11.7 Å². The molecule has 2 rings (SSSR count). The smallest absolute Gasteiger partial charge is 0.288 e. The Morgan fingerprint density at radius 2 is 2.43 bits per heavy atom. The summed E-state index contributed by atoms with van der Waals surface area (Å²) in [5.41, 5.74) is 5.16. The third-order valence-corrected chi connectivity index (χ3v) is 3.62. The van der Waals surface area contributed by atoms with Crippen molar-refractivity contribution < 1.29 is 9.72 Å². The molecular weight excluding hydrogens is 274 g/mol. The molecule has 114 valence electrons. The van der Waals surface area contributed by atoms with Gasteiger partial charge in [-0.3, -0.25) is 14.9 Å². The molecule has 8 heteroatoms. The Hall–Kier alpha value is -2.22. The molecule has 1 unspecified atom stereocenters. The number of nitrogens with one attached hydrogen (secondary N) is 1. The molecule has 0 aliphatic carbocycles. The molecule has 1 amide bonds. The summed E-state index contributed by atoms with van der Waals surface area (Å²) < 4.78 is 0. The molecule has 0 spiro atoms. The standard InChI is InChI=1S/C13H19N5O3/c1-17(8-9-3-2-4-15-6-9)13-11(12(14)19)5-10(7-16-13)18(20)21/h5,7,9,15H,2-4,6,8H2,1H3,(H2,14,19). The molecule has 1 aromatic heterocycles. The number of piperidine rings is 1. The van der Waals surface area contributed by atoms with Crippen LogP contribution in [0.25, 0.3) is 0 Å². The Morgan fingerprint density at radius 3 is 3.00 bits per heavy atom. The van der Waals surface area contributed by atoms with Gasteiger partial charge >= 0.3 is 0 Å². The number of primary amides is 1. The van der Waals surface area contributed by atoms with Crippen molar-refractivity contribution in [2.45, 2.75) is 12.8 Å². The summed E-state index contributed by atoms with van der Waals surface area (Å²) in [7, 11) is 1.81. The summed E-state index contributed by atoms with van der Waals surface area (Å²) in [4.78, 5) is 27.6. The van der Waals surface area contributed by atoms with Crippen LogP contribution < -0.4 is 16.0 Å². The average Bonchev–Trinajstić information content (AvgIpc) is 2.47. The molecule has 1 fully saturated rings. The number of nitro groups is 1. The minimum absolute atomic E-state index is 0.0791. The number of carbonyl (C=O) groups is 1. The summed E-state index contributed by atoms with van der Waals surface area (Å²) in [5, 5.41) is 14.1. The number of carbonyl (C=O) groups excluding carboxylic acids is 1. The number of amides is 1. The number of hydrogen-bond acceptors (Lipinski definition) is 6. The molecule has 3 N–H and O–H groups in total. The quantitative estimate of drug-likeness (QED) is 0.604. The van der Waals surface area contributed by atoms with Crippen LogP contribution in [0.2, 0.25) is 0 Å². The Morgan fingerprint density at radius 1 is 1.67 bits per heavy atom. The third-order valence-electron chi connectivity index (χ3n) is 3.62. The van der Waals surface area contributed by atoms with Crippen molar-refractivity contribution in [1.82, 2.24) is 10.3 Å². The van der Waals surface area contributed by atoms with Crippen molar-refractivity contribution in [3.8, 4) is 0 Å². The maximum Gasteiger partial charge on any atom is 0.288 e. The van der Waals surface area contributed by atoms with Gasteiger partial charge in [0.25, 0.3) is 11.6 Å². The number of pyridine rings is 1. The predicted molar refractivity (Wildman–Crippen MR) is 78.3 cm³/mol. The molecule has 1 aliphatic heterocycles. The summed E-state index contributed by atoms with van der Waals surface area (Å²) in [6.07, 6.45) is 3.38. The first kappa shape index (κ1) is 15.2. The van der Waals surface area contributed by atoms with E-state index in [1.807, 2.05) is 11.9 Å². The number of nitrogens with two attached hydrogens (primary N) is 1. The van der Waals surface area contributed by atoms with Crippen molar-refractivity contribution >= 4 is 17.4 Å². The van der Waals surface area contributed by atoms with Crippen LogP contribution >= 0.6 is 0 Å². The molecule has 8 nitrogen and oxygen atoms in total. The van der Waals surface area contributed by atoms with Crippen LogP contribution in [0.1, 0.15) is 23.2 Å². The molecule has 1 aromatic rings. The fourth-order valence-electron chi connectivity index (χ4n) is 2.59. The van der Waals surface area contributed by atoms with Crippen LogP contribution in [-0.4, -0.2) is 42.5 Å². The molecule has 0 bridgehead atoms. The van der Waals surface area contributed by atoms with Crippen molar-refractivity contribution in [3.63, 3.8) is 0 Å². The molecule has 0 saturated carbocycles. The fraction of sp³-hybridized carbons (Fsp3) is 0.538. The second-order valence-electron chi connectivity index (χ2n) is 5.28. The van der Waals surface area contributed by atoms with Gasteiger partial charge in [0.05, 0.1) is 10.5 Å². The minimum Gasteiger partial charge on any atom is -0.365 e. The maximum absolute atomic E-state index is 11.5. The third kappa shape index (κ3) is 3.66. The second kappa shape index (κ2) is 6.49. The summed E-state index contributed by atoms with van der Waals surface area (Å²) in [6.45, 7) is 2.67. The van der Waals surface area contributed by atoms with Crippen LogP contribution in [0.5, 0.6) is 0 Å². The monoisotopic (exact) mass is 293 g/mol. The highest BCUT2D eigenvalue weighted by molar-refractivity contribution is 5.98. The Kier molecular flexibility index (Phi) is 4.69. The van der Waals surface area contributed by atoms with Crippen molar-refractivity contribution in [1.29, 1.82) is 0 Å². The normalized spacial score (nSPS) is 18.2. The fourth-order valence-corrected chi connectivity index (χ4v) is 2.59. The van der Waals surface area contributed by atoms with Gasteiger partial charge in [0.15, 0.2) is 0 Å². The van der Waals surface area contributed by atoms with Gasteiger partial charge in [-0.1, -0.05) is 0 Å². The zero-order chi connectivity index (χ0) is 15.4. The van der Waals surface area contributed by atoms with E-state index in [1.54, 1.807) is 0 Å². The highest BCUT2D eigenvalue weighted by Gasteiger charge is 2.21. The van der Waals surface area contributed by atoms with Gasteiger partial charge in [-0.15, -0.1) is 0 Å².